The molecule has 0 amide bonds. The minimum atomic E-state index is -0.101. The second kappa shape index (κ2) is 13.2. The Labute approximate surface area is 337 Å². The van der Waals surface area contributed by atoms with Crippen molar-refractivity contribution in [2.24, 2.45) is 0 Å². The van der Waals surface area contributed by atoms with Gasteiger partial charge in [0.15, 0.2) is 0 Å². The van der Waals surface area contributed by atoms with E-state index in [0.29, 0.717) is 0 Å². The summed E-state index contributed by atoms with van der Waals surface area (Å²) in [6.45, 7) is 4.74. The predicted octanol–water partition coefficient (Wildman–Crippen LogP) is 16.0. The van der Waals surface area contributed by atoms with Crippen LogP contribution in [0.25, 0.3) is 75.5 Å². The highest BCUT2D eigenvalue weighted by Gasteiger charge is 2.37. The van der Waals surface area contributed by atoms with Crippen molar-refractivity contribution in [2.45, 2.75) is 19.3 Å². The molecule has 11 rings (SSSR count). The van der Waals surface area contributed by atoms with Gasteiger partial charge in [0.1, 0.15) is 0 Å². The maximum atomic E-state index is 2.51. The van der Waals surface area contributed by atoms with Crippen LogP contribution in [-0.4, -0.2) is 0 Å². The lowest BCUT2D eigenvalue weighted by atomic mass is 9.79. The molecule has 0 spiro atoms. The molecule has 1 nitrogen and oxygen atoms in total. The van der Waals surface area contributed by atoms with Gasteiger partial charge in [0.05, 0.1) is 16.1 Å². The second-order valence-electron chi connectivity index (χ2n) is 15.7. The van der Waals surface area contributed by atoms with E-state index in [4.69, 9.17) is 0 Å². The molecule has 0 saturated heterocycles. The fourth-order valence-corrected chi connectivity index (χ4v) is 10.6. The first-order chi connectivity index (χ1) is 28.0. The lowest BCUT2D eigenvalue weighted by Crippen LogP contribution is -2.16. The molecule has 0 aliphatic heterocycles. The molecular formula is C55H39NS. The highest BCUT2D eigenvalue weighted by molar-refractivity contribution is 7.26. The molecule has 1 aromatic heterocycles. The highest BCUT2D eigenvalue weighted by Crippen LogP contribution is 2.53. The molecule has 10 aromatic rings. The summed E-state index contributed by atoms with van der Waals surface area (Å²) in [5.74, 6) is 0. The average molecular weight is 746 g/mol. The van der Waals surface area contributed by atoms with Crippen LogP contribution in [0.1, 0.15) is 25.0 Å². The van der Waals surface area contributed by atoms with Crippen molar-refractivity contribution in [3.63, 3.8) is 0 Å². The van der Waals surface area contributed by atoms with Crippen LogP contribution >= 0.6 is 11.3 Å². The maximum absolute atomic E-state index is 2.51. The first-order valence-corrected chi connectivity index (χ1v) is 20.6. The molecule has 2 heteroatoms. The van der Waals surface area contributed by atoms with Gasteiger partial charge in [-0.1, -0.05) is 184 Å². The van der Waals surface area contributed by atoms with Crippen LogP contribution in [-0.2, 0) is 5.41 Å². The summed E-state index contributed by atoms with van der Waals surface area (Å²) in [5.41, 5.74) is 16.1. The minimum absolute atomic E-state index is 0.101. The third-order valence-electron chi connectivity index (χ3n) is 12.1. The number of anilines is 3. The Morgan fingerprint density at radius 3 is 1.89 bits per heavy atom. The monoisotopic (exact) mass is 745 g/mol. The zero-order valence-electron chi connectivity index (χ0n) is 31.9. The van der Waals surface area contributed by atoms with Crippen LogP contribution < -0.4 is 4.90 Å². The van der Waals surface area contributed by atoms with Gasteiger partial charge in [0, 0.05) is 32.1 Å². The molecule has 270 valence electrons. The van der Waals surface area contributed by atoms with Crippen LogP contribution in [0.15, 0.2) is 200 Å². The molecular weight excluding hydrogens is 707 g/mol. The number of hydrogen-bond acceptors (Lipinski definition) is 2. The van der Waals surface area contributed by atoms with Crippen molar-refractivity contribution in [1.82, 2.24) is 0 Å². The molecule has 0 unspecified atom stereocenters. The van der Waals surface area contributed by atoms with Gasteiger partial charge in [-0.2, -0.15) is 0 Å². The average Bonchev–Trinajstić information content (AvgIpc) is 3.77. The topological polar surface area (TPSA) is 3.24 Å². The zero-order valence-corrected chi connectivity index (χ0v) is 32.7. The summed E-state index contributed by atoms with van der Waals surface area (Å²) < 4.78 is 2.57. The molecule has 0 bridgehead atoms. The molecule has 1 aliphatic rings. The number of rotatable bonds is 6. The maximum Gasteiger partial charge on any atom is 0.0640 e. The third kappa shape index (κ3) is 5.36. The summed E-state index contributed by atoms with van der Waals surface area (Å²) >= 11 is 1.88. The van der Waals surface area contributed by atoms with E-state index >= 15 is 0 Å². The standard InChI is InChI=1S/C55H39NS/c1-55(2)49-26-10-8-20-45(49)47-24-13-23-44(53(47)55)38-29-32-40(33-30-38)56(50-27-14-25-48-46-21-9-11-28-52(46)57-54(48)50)51-35-39(31-34-43(51)37-15-4-3-5-16-37)42-22-12-18-36-17-6-7-19-41(36)42/h3-35H,1-2H3. The number of nitrogens with zero attached hydrogens (tertiary/aromatic N) is 1. The Bertz CT molecular complexity index is 3150. The lowest BCUT2D eigenvalue weighted by Gasteiger charge is -2.29. The van der Waals surface area contributed by atoms with Crippen molar-refractivity contribution >= 4 is 59.3 Å². The highest BCUT2D eigenvalue weighted by atomic mass is 32.1. The Morgan fingerprint density at radius 2 is 1.02 bits per heavy atom. The molecule has 57 heavy (non-hydrogen) atoms. The van der Waals surface area contributed by atoms with E-state index < -0.39 is 0 Å². The summed E-state index contributed by atoms with van der Waals surface area (Å²) in [5, 5.41) is 5.07. The second-order valence-corrected chi connectivity index (χ2v) is 16.7. The van der Waals surface area contributed by atoms with E-state index in [1.54, 1.807) is 0 Å². The number of hydrogen-bond donors (Lipinski definition) is 0. The third-order valence-corrected chi connectivity index (χ3v) is 13.3. The zero-order chi connectivity index (χ0) is 38.1. The molecule has 0 radical (unpaired) electrons. The van der Waals surface area contributed by atoms with Gasteiger partial charge in [-0.15, -0.1) is 11.3 Å². The van der Waals surface area contributed by atoms with Crippen molar-refractivity contribution in [1.29, 1.82) is 0 Å². The van der Waals surface area contributed by atoms with Crippen molar-refractivity contribution < 1.29 is 0 Å². The summed E-state index contributed by atoms with van der Waals surface area (Å²) in [4.78, 5) is 2.51. The van der Waals surface area contributed by atoms with Gasteiger partial charge >= 0.3 is 0 Å². The Hall–Kier alpha value is -6.74. The fourth-order valence-electron chi connectivity index (χ4n) is 9.42. The number of benzene rings is 9. The first-order valence-electron chi connectivity index (χ1n) is 19.8. The smallest absolute Gasteiger partial charge is 0.0640 e. The van der Waals surface area contributed by atoms with E-state index in [9.17, 15) is 0 Å². The molecule has 9 aromatic carbocycles. The Balaban J connectivity index is 1.15. The van der Waals surface area contributed by atoms with E-state index in [2.05, 4.69) is 219 Å². The fraction of sp³-hybridized carbons (Fsp3) is 0.0545. The quantitative estimate of drug-likeness (QED) is 0.164. The van der Waals surface area contributed by atoms with E-state index in [1.165, 1.54) is 92.3 Å². The van der Waals surface area contributed by atoms with Gasteiger partial charge in [0.2, 0.25) is 0 Å². The van der Waals surface area contributed by atoms with Gasteiger partial charge in [-0.3, -0.25) is 0 Å². The van der Waals surface area contributed by atoms with Gasteiger partial charge < -0.3 is 4.90 Å². The van der Waals surface area contributed by atoms with Gasteiger partial charge in [0.25, 0.3) is 0 Å². The largest absolute Gasteiger partial charge is 0.308 e. The summed E-state index contributed by atoms with van der Waals surface area (Å²) in [6.07, 6.45) is 0. The Kier molecular flexibility index (Phi) is 7.77. The van der Waals surface area contributed by atoms with Crippen LogP contribution in [0.3, 0.4) is 0 Å². The molecule has 0 N–H and O–H groups in total. The lowest BCUT2D eigenvalue weighted by molar-refractivity contribution is 0.662. The molecule has 1 heterocycles. The van der Waals surface area contributed by atoms with Crippen LogP contribution in [0.5, 0.6) is 0 Å². The number of fused-ring (bicyclic) bond motifs is 7. The van der Waals surface area contributed by atoms with E-state index in [1.807, 2.05) is 11.3 Å². The predicted molar refractivity (Wildman–Crippen MR) is 245 cm³/mol. The molecule has 0 fully saturated rings. The SMILES string of the molecule is CC1(C)c2ccccc2-c2cccc(-c3ccc(N(c4cc(-c5cccc6ccccc56)ccc4-c4ccccc4)c4cccc5c4sc4ccccc45)cc3)c21. The summed E-state index contributed by atoms with van der Waals surface area (Å²) in [6, 6.07) is 73.9. The van der Waals surface area contributed by atoms with E-state index in [-0.39, 0.29) is 5.41 Å². The normalized spacial score (nSPS) is 12.9. The molecule has 0 saturated carbocycles. The van der Waals surface area contributed by atoms with Gasteiger partial charge in [-0.25, -0.2) is 0 Å². The van der Waals surface area contributed by atoms with Crippen LogP contribution in [0, 0.1) is 0 Å². The Morgan fingerprint density at radius 1 is 0.404 bits per heavy atom. The van der Waals surface area contributed by atoms with Gasteiger partial charge in [-0.05, 0) is 91.2 Å². The van der Waals surface area contributed by atoms with Crippen molar-refractivity contribution in [3.8, 4) is 44.5 Å². The van der Waals surface area contributed by atoms with Crippen molar-refractivity contribution in [2.75, 3.05) is 4.90 Å². The molecule has 1 aliphatic carbocycles. The first kappa shape index (κ1) is 33.6. The number of thiophene rings is 1. The van der Waals surface area contributed by atoms with Crippen molar-refractivity contribution in [3.05, 3.63) is 211 Å². The summed E-state index contributed by atoms with van der Waals surface area (Å²) in [7, 11) is 0. The van der Waals surface area contributed by atoms with Crippen LogP contribution in [0.2, 0.25) is 0 Å². The molecule has 0 atom stereocenters. The minimum Gasteiger partial charge on any atom is -0.308 e. The van der Waals surface area contributed by atoms with Crippen LogP contribution in [0.4, 0.5) is 17.1 Å². The van der Waals surface area contributed by atoms with E-state index in [0.717, 1.165) is 11.4 Å².